The Labute approximate surface area is 98.6 Å². The molecule has 0 bridgehead atoms. The van der Waals surface area contributed by atoms with Crippen LogP contribution in [0.15, 0.2) is 0 Å². The average molecular weight is 227 g/mol. The predicted octanol–water partition coefficient (Wildman–Crippen LogP) is 1.59. The van der Waals surface area contributed by atoms with Crippen molar-refractivity contribution in [1.29, 1.82) is 5.41 Å². The summed E-state index contributed by atoms with van der Waals surface area (Å²) >= 11 is 0. The van der Waals surface area contributed by atoms with Crippen LogP contribution in [-0.4, -0.2) is 42.6 Å². The average Bonchev–Trinajstić information content (AvgIpc) is 2.69. The van der Waals surface area contributed by atoms with Gasteiger partial charge in [0.15, 0.2) is 0 Å². The Morgan fingerprint density at radius 1 is 1.50 bits per heavy atom. The van der Waals surface area contributed by atoms with Crippen molar-refractivity contribution in [2.45, 2.75) is 51.7 Å². The van der Waals surface area contributed by atoms with Crippen LogP contribution in [0.3, 0.4) is 0 Å². The zero-order valence-corrected chi connectivity index (χ0v) is 10.5. The van der Waals surface area contributed by atoms with Gasteiger partial charge in [0.2, 0.25) is 0 Å². The molecule has 0 aromatic rings. The highest BCUT2D eigenvalue weighted by atomic mass is 16.5. The van der Waals surface area contributed by atoms with Gasteiger partial charge in [0.1, 0.15) is 0 Å². The van der Waals surface area contributed by atoms with E-state index >= 15 is 0 Å². The largest absolute Gasteiger partial charge is 0.388 e. The Hall–Kier alpha value is -0.610. The van der Waals surface area contributed by atoms with E-state index < -0.39 is 0 Å². The molecular formula is C12H25N3O. The third-order valence-electron chi connectivity index (χ3n) is 3.16. The fourth-order valence-electron chi connectivity index (χ4n) is 2.07. The number of ether oxygens (including phenoxy) is 1. The maximum absolute atomic E-state index is 7.25. The summed E-state index contributed by atoms with van der Waals surface area (Å²) in [7, 11) is 0. The molecule has 0 saturated carbocycles. The van der Waals surface area contributed by atoms with Crippen molar-refractivity contribution in [2.75, 3.05) is 19.7 Å². The topological polar surface area (TPSA) is 62.3 Å². The zero-order valence-electron chi connectivity index (χ0n) is 10.5. The summed E-state index contributed by atoms with van der Waals surface area (Å²) in [6, 6.07) is 0.515. The van der Waals surface area contributed by atoms with Gasteiger partial charge < -0.3 is 15.4 Å². The van der Waals surface area contributed by atoms with E-state index in [4.69, 9.17) is 15.9 Å². The van der Waals surface area contributed by atoms with Crippen LogP contribution in [0.5, 0.6) is 0 Å². The molecule has 1 atom stereocenters. The SMILES string of the molecule is CC(C)N(CCC(=N)N)CCC1CCCO1. The van der Waals surface area contributed by atoms with Crippen molar-refractivity contribution < 1.29 is 4.74 Å². The second kappa shape index (κ2) is 6.86. The first-order valence-corrected chi connectivity index (χ1v) is 6.28. The molecule has 1 saturated heterocycles. The number of nitrogens with one attached hydrogen (secondary N) is 1. The van der Waals surface area contributed by atoms with Gasteiger partial charge in [-0.15, -0.1) is 0 Å². The van der Waals surface area contributed by atoms with Gasteiger partial charge in [-0.05, 0) is 33.1 Å². The molecule has 0 amide bonds. The molecule has 0 spiro atoms. The molecule has 16 heavy (non-hydrogen) atoms. The number of hydrogen-bond acceptors (Lipinski definition) is 3. The van der Waals surface area contributed by atoms with E-state index in [1.165, 1.54) is 12.8 Å². The zero-order chi connectivity index (χ0) is 12.0. The summed E-state index contributed by atoms with van der Waals surface area (Å²) in [5.41, 5.74) is 5.39. The highest BCUT2D eigenvalue weighted by Crippen LogP contribution is 2.16. The summed E-state index contributed by atoms with van der Waals surface area (Å²) in [4.78, 5) is 2.38. The number of nitrogens with zero attached hydrogens (tertiary/aromatic N) is 1. The minimum Gasteiger partial charge on any atom is -0.388 e. The molecule has 94 valence electrons. The molecule has 1 fully saturated rings. The third kappa shape index (κ3) is 4.94. The molecule has 0 aromatic carbocycles. The molecule has 0 radical (unpaired) electrons. The van der Waals surface area contributed by atoms with Crippen molar-refractivity contribution in [3.63, 3.8) is 0 Å². The molecule has 0 aliphatic carbocycles. The lowest BCUT2D eigenvalue weighted by Crippen LogP contribution is -2.36. The van der Waals surface area contributed by atoms with E-state index in [1.54, 1.807) is 0 Å². The minimum atomic E-state index is 0.280. The quantitative estimate of drug-likeness (QED) is 0.513. The van der Waals surface area contributed by atoms with Crippen LogP contribution in [0.1, 0.15) is 39.5 Å². The number of rotatable bonds is 7. The van der Waals surface area contributed by atoms with Crippen molar-refractivity contribution in [1.82, 2.24) is 4.90 Å². The summed E-state index contributed by atoms with van der Waals surface area (Å²) in [5.74, 6) is 0.280. The molecule has 1 unspecified atom stereocenters. The molecule has 1 aliphatic heterocycles. The standard InChI is InChI=1S/C12H25N3O/c1-10(2)15(8-6-12(13)14)7-5-11-4-3-9-16-11/h10-11H,3-9H2,1-2H3,(H3,13,14). The van der Waals surface area contributed by atoms with Crippen molar-refractivity contribution in [3.8, 4) is 0 Å². The maximum Gasteiger partial charge on any atom is 0.0918 e. The summed E-state index contributed by atoms with van der Waals surface area (Å²) in [5, 5.41) is 7.25. The Morgan fingerprint density at radius 3 is 2.75 bits per heavy atom. The second-order valence-electron chi connectivity index (χ2n) is 4.83. The van der Waals surface area contributed by atoms with Crippen molar-refractivity contribution in [2.24, 2.45) is 5.73 Å². The molecule has 0 aromatic heterocycles. The van der Waals surface area contributed by atoms with Crippen LogP contribution >= 0.6 is 0 Å². The van der Waals surface area contributed by atoms with E-state index in [0.717, 1.165) is 26.1 Å². The Kier molecular flexibility index (Phi) is 5.77. The normalized spacial score (nSPS) is 20.9. The fraction of sp³-hybridized carbons (Fsp3) is 0.917. The summed E-state index contributed by atoms with van der Waals surface area (Å²) < 4.78 is 5.62. The van der Waals surface area contributed by atoms with Gasteiger partial charge in [0, 0.05) is 32.2 Å². The smallest absolute Gasteiger partial charge is 0.0918 e. The molecule has 3 N–H and O–H groups in total. The van der Waals surface area contributed by atoms with E-state index in [2.05, 4.69) is 18.7 Å². The van der Waals surface area contributed by atoms with Crippen LogP contribution in [0.25, 0.3) is 0 Å². The Balaban J connectivity index is 2.23. The van der Waals surface area contributed by atoms with Gasteiger partial charge >= 0.3 is 0 Å². The van der Waals surface area contributed by atoms with E-state index in [-0.39, 0.29) is 5.84 Å². The summed E-state index contributed by atoms with van der Waals surface area (Å²) in [6.07, 6.45) is 4.65. The first kappa shape index (κ1) is 13.5. The molecule has 1 rings (SSSR count). The Morgan fingerprint density at radius 2 is 2.25 bits per heavy atom. The Bertz CT molecular complexity index is 212. The number of nitrogens with two attached hydrogens (primary N) is 1. The molecular weight excluding hydrogens is 202 g/mol. The predicted molar refractivity (Wildman–Crippen MR) is 66.8 cm³/mol. The van der Waals surface area contributed by atoms with Gasteiger partial charge in [-0.2, -0.15) is 0 Å². The second-order valence-corrected chi connectivity index (χ2v) is 4.83. The minimum absolute atomic E-state index is 0.280. The van der Waals surface area contributed by atoms with Gasteiger partial charge in [-0.25, -0.2) is 0 Å². The molecule has 1 aliphatic rings. The lowest BCUT2D eigenvalue weighted by atomic mass is 10.1. The van der Waals surface area contributed by atoms with Crippen molar-refractivity contribution >= 4 is 5.84 Å². The van der Waals surface area contributed by atoms with Crippen LogP contribution in [-0.2, 0) is 4.74 Å². The number of amidine groups is 1. The fourth-order valence-corrected chi connectivity index (χ4v) is 2.07. The molecule has 1 heterocycles. The lowest BCUT2D eigenvalue weighted by Gasteiger charge is -2.27. The highest BCUT2D eigenvalue weighted by molar-refractivity contribution is 5.76. The van der Waals surface area contributed by atoms with Crippen LogP contribution in [0, 0.1) is 5.41 Å². The highest BCUT2D eigenvalue weighted by Gasteiger charge is 2.17. The molecule has 4 heteroatoms. The van der Waals surface area contributed by atoms with E-state index in [0.29, 0.717) is 18.6 Å². The first-order valence-electron chi connectivity index (χ1n) is 6.28. The van der Waals surface area contributed by atoms with Gasteiger partial charge in [-0.3, -0.25) is 5.41 Å². The van der Waals surface area contributed by atoms with Crippen LogP contribution < -0.4 is 5.73 Å². The van der Waals surface area contributed by atoms with Crippen molar-refractivity contribution in [3.05, 3.63) is 0 Å². The maximum atomic E-state index is 7.25. The lowest BCUT2D eigenvalue weighted by molar-refractivity contribution is 0.0876. The first-order chi connectivity index (χ1) is 7.59. The van der Waals surface area contributed by atoms with Crippen LogP contribution in [0.4, 0.5) is 0 Å². The summed E-state index contributed by atoms with van der Waals surface area (Å²) in [6.45, 7) is 7.25. The van der Waals surface area contributed by atoms with E-state index in [9.17, 15) is 0 Å². The monoisotopic (exact) mass is 227 g/mol. The molecule has 4 nitrogen and oxygen atoms in total. The van der Waals surface area contributed by atoms with Gasteiger partial charge in [0.25, 0.3) is 0 Å². The third-order valence-corrected chi connectivity index (χ3v) is 3.16. The van der Waals surface area contributed by atoms with Crippen LogP contribution in [0.2, 0.25) is 0 Å². The van der Waals surface area contributed by atoms with Gasteiger partial charge in [-0.1, -0.05) is 0 Å². The number of hydrogen-bond donors (Lipinski definition) is 2. The van der Waals surface area contributed by atoms with Gasteiger partial charge in [0.05, 0.1) is 11.9 Å². The van der Waals surface area contributed by atoms with E-state index in [1.807, 2.05) is 0 Å².